The van der Waals surface area contributed by atoms with Gasteiger partial charge in [0.1, 0.15) is 12.4 Å². The summed E-state index contributed by atoms with van der Waals surface area (Å²) in [5.74, 6) is 0.707. The molecule has 0 saturated heterocycles. The number of ether oxygens (including phenoxy) is 2. The van der Waals surface area contributed by atoms with Crippen LogP contribution in [0.3, 0.4) is 0 Å². The van der Waals surface area contributed by atoms with Crippen molar-refractivity contribution in [1.82, 2.24) is 9.62 Å². The number of amides is 1. The molecule has 25 heavy (non-hydrogen) atoms. The van der Waals surface area contributed by atoms with Gasteiger partial charge in [-0.1, -0.05) is 12.1 Å². The van der Waals surface area contributed by atoms with Crippen LogP contribution in [0, 0.1) is 0 Å². The largest absolute Gasteiger partial charge is 0.492 e. The molecule has 0 atom stereocenters. The summed E-state index contributed by atoms with van der Waals surface area (Å²) in [5, 5.41) is 2.86. The van der Waals surface area contributed by atoms with Crippen molar-refractivity contribution in [2.24, 2.45) is 0 Å². The Morgan fingerprint density at radius 3 is 2.92 bits per heavy atom. The Kier molecular flexibility index (Phi) is 7.22. The van der Waals surface area contributed by atoms with E-state index in [0.29, 0.717) is 51.4 Å². The lowest BCUT2D eigenvalue weighted by Crippen LogP contribution is -2.31. The fourth-order valence-corrected chi connectivity index (χ4v) is 3.43. The van der Waals surface area contributed by atoms with Gasteiger partial charge in [-0.2, -0.15) is 4.31 Å². The maximum absolute atomic E-state index is 11.8. The first-order chi connectivity index (χ1) is 11.9. The minimum atomic E-state index is -3.27. The maximum atomic E-state index is 11.8. The number of benzene rings is 1. The Bertz CT molecular complexity index is 690. The quantitative estimate of drug-likeness (QED) is 0.688. The summed E-state index contributed by atoms with van der Waals surface area (Å²) in [5.41, 5.74) is 1.82. The number of rotatable bonds is 8. The zero-order valence-electron chi connectivity index (χ0n) is 14.8. The first-order valence-corrected chi connectivity index (χ1v) is 10.2. The molecule has 7 nitrogen and oxygen atoms in total. The van der Waals surface area contributed by atoms with Gasteiger partial charge in [0.25, 0.3) is 0 Å². The van der Waals surface area contributed by atoms with Crippen molar-refractivity contribution < 1.29 is 22.7 Å². The summed E-state index contributed by atoms with van der Waals surface area (Å²) < 4.78 is 35.6. The third-order valence-electron chi connectivity index (χ3n) is 4.03. The van der Waals surface area contributed by atoms with Crippen molar-refractivity contribution in [2.45, 2.75) is 25.8 Å². The molecule has 1 heterocycles. The van der Waals surface area contributed by atoms with E-state index >= 15 is 0 Å². The van der Waals surface area contributed by atoms with Gasteiger partial charge in [0.05, 0.1) is 6.26 Å². The molecule has 0 bridgehead atoms. The van der Waals surface area contributed by atoms with E-state index in [4.69, 9.17) is 9.47 Å². The summed E-state index contributed by atoms with van der Waals surface area (Å²) in [6.45, 7) is 2.21. The average molecular weight is 370 g/mol. The summed E-state index contributed by atoms with van der Waals surface area (Å²) in [4.78, 5) is 11.8. The lowest BCUT2D eigenvalue weighted by atomic mass is 10.1. The van der Waals surface area contributed by atoms with Crippen LogP contribution in [0.2, 0.25) is 0 Å². The highest BCUT2D eigenvalue weighted by Crippen LogP contribution is 2.25. The lowest BCUT2D eigenvalue weighted by molar-refractivity contribution is -0.121. The minimum absolute atomic E-state index is 0.0000541. The number of nitrogens with one attached hydrogen (secondary N) is 1. The fraction of sp³-hybridized carbons (Fsp3) is 0.588. The summed E-state index contributed by atoms with van der Waals surface area (Å²) in [7, 11) is -1.63. The number of fused-ring (bicyclic) bond motifs is 1. The highest BCUT2D eigenvalue weighted by molar-refractivity contribution is 7.88. The highest BCUT2D eigenvalue weighted by atomic mass is 32.2. The van der Waals surface area contributed by atoms with E-state index in [1.807, 2.05) is 18.2 Å². The summed E-state index contributed by atoms with van der Waals surface area (Å²) in [6.07, 6.45) is 2.99. The molecule has 1 aromatic carbocycles. The topological polar surface area (TPSA) is 84.9 Å². The van der Waals surface area contributed by atoms with Gasteiger partial charge in [-0.15, -0.1) is 0 Å². The van der Waals surface area contributed by atoms with Gasteiger partial charge in [0.2, 0.25) is 15.9 Å². The van der Waals surface area contributed by atoms with Gasteiger partial charge in [-0.3, -0.25) is 4.79 Å². The second-order valence-electron chi connectivity index (χ2n) is 6.08. The van der Waals surface area contributed by atoms with Crippen LogP contribution >= 0.6 is 0 Å². The number of aryl methyl sites for hydroxylation is 1. The molecule has 0 unspecified atom stereocenters. The van der Waals surface area contributed by atoms with Crippen LogP contribution in [0.1, 0.15) is 24.0 Å². The van der Waals surface area contributed by atoms with E-state index in [9.17, 15) is 13.2 Å². The van der Waals surface area contributed by atoms with Crippen molar-refractivity contribution in [3.05, 3.63) is 29.3 Å². The molecule has 0 radical (unpaired) electrons. The summed E-state index contributed by atoms with van der Waals surface area (Å²) >= 11 is 0. The smallest absolute Gasteiger partial charge is 0.220 e. The minimum Gasteiger partial charge on any atom is -0.492 e. The average Bonchev–Trinajstić information content (AvgIpc) is 2.78. The number of carbonyl (C=O) groups excluding carboxylic acids is 1. The van der Waals surface area contributed by atoms with E-state index in [1.165, 1.54) is 10.6 Å². The first kappa shape index (κ1) is 19.7. The molecular formula is C17H26N2O5S. The van der Waals surface area contributed by atoms with E-state index in [-0.39, 0.29) is 5.91 Å². The molecule has 2 rings (SSSR count). The number of hydrogen-bond donors (Lipinski definition) is 1. The van der Waals surface area contributed by atoms with Gasteiger partial charge < -0.3 is 14.8 Å². The summed E-state index contributed by atoms with van der Waals surface area (Å²) in [6, 6.07) is 5.71. The van der Waals surface area contributed by atoms with E-state index in [0.717, 1.165) is 17.5 Å². The molecule has 0 fully saturated rings. The molecule has 0 aliphatic carbocycles. The Morgan fingerprint density at radius 1 is 1.40 bits per heavy atom. The van der Waals surface area contributed by atoms with Crippen molar-refractivity contribution >= 4 is 15.9 Å². The molecule has 8 heteroatoms. The zero-order valence-corrected chi connectivity index (χ0v) is 15.6. The first-order valence-electron chi connectivity index (χ1n) is 8.35. The SMILES string of the molecule is COCCCNC(=O)CCc1ccc2c(c1)CN(S(C)(=O)=O)CCO2. The molecule has 1 amide bonds. The molecule has 0 saturated carbocycles. The molecule has 0 aromatic heterocycles. The van der Waals surface area contributed by atoms with Crippen LogP contribution in [0.4, 0.5) is 0 Å². The Balaban J connectivity index is 1.93. The number of sulfonamides is 1. The molecule has 1 aliphatic heterocycles. The van der Waals surface area contributed by atoms with Crippen molar-refractivity contribution in [2.75, 3.05) is 39.7 Å². The Morgan fingerprint density at radius 2 is 2.20 bits per heavy atom. The maximum Gasteiger partial charge on any atom is 0.220 e. The molecule has 1 aromatic rings. The van der Waals surface area contributed by atoms with Crippen LogP contribution < -0.4 is 10.1 Å². The zero-order chi connectivity index (χ0) is 18.3. The number of hydrogen-bond acceptors (Lipinski definition) is 5. The highest BCUT2D eigenvalue weighted by Gasteiger charge is 2.22. The lowest BCUT2D eigenvalue weighted by Gasteiger charge is -2.16. The van der Waals surface area contributed by atoms with Crippen LogP contribution in [0.15, 0.2) is 18.2 Å². The fourth-order valence-electron chi connectivity index (χ4n) is 2.65. The molecule has 1 N–H and O–H groups in total. The number of methoxy groups -OCH3 is 1. The van der Waals surface area contributed by atoms with Crippen LogP contribution in [-0.4, -0.2) is 58.3 Å². The van der Waals surface area contributed by atoms with Crippen molar-refractivity contribution in [3.63, 3.8) is 0 Å². The molecule has 1 aliphatic rings. The number of nitrogens with zero attached hydrogens (tertiary/aromatic N) is 1. The van der Waals surface area contributed by atoms with Gasteiger partial charge in [-0.05, 0) is 24.5 Å². The molecular weight excluding hydrogens is 344 g/mol. The Hall–Kier alpha value is -1.64. The second kappa shape index (κ2) is 9.17. The Labute approximate surface area is 149 Å². The third kappa shape index (κ3) is 6.30. The van der Waals surface area contributed by atoms with Crippen LogP contribution in [0.25, 0.3) is 0 Å². The van der Waals surface area contributed by atoms with Crippen LogP contribution in [-0.2, 0) is 32.5 Å². The third-order valence-corrected chi connectivity index (χ3v) is 5.28. The monoisotopic (exact) mass is 370 g/mol. The van der Waals surface area contributed by atoms with E-state index in [1.54, 1.807) is 7.11 Å². The van der Waals surface area contributed by atoms with E-state index < -0.39 is 10.0 Å². The predicted molar refractivity (Wildman–Crippen MR) is 95.0 cm³/mol. The second-order valence-corrected chi connectivity index (χ2v) is 8.07. The van der Waals surface area contributed by atoms with Gasteiger partial charge in [0.15, 0.2) is 0 Å². The standard InChI is InChI=1S/C17H26N2O5S/c1-23-10-3-8-18-17(20)7-5-14-4-6-16-15(12-14)13-19(9-11-24-16)25(2,21)22/h4,6,12H,3,5,7-11,13H2,1-2H3,(H,18,20). The van der Waals surface area contributed by atoms with Crippen LogP contribution in [0.5, 0.6) is 5.75 Å². The van der Waals surface area contributed by atoms with Crippen molar-refractivity contribution in [1.29, 1.82) is 0 Å². The van der Waals surface area contributed by atoms with E-state index in [2.05, 4.69) is 5.32 Å². The number of carbonyl (C=O) groups is 1. The van der Waals surface area contributed by atoms with Crippen molar-refractivity contribution in [3.8, 4) is 5.75 Å². The predicted octanol–water partition coefficient (Wildman–Crippen LogP) is 0.926. The van der Waals surface area contributed by atoms with Gasteiger partial charge in [-0.25, -0.2) is 8.42 Å². The van der Waals surface area contributed by atoms with Gasteiger partial charge >= 0.3 is 0 Å². The molecule has 0 spiro atoms. The normalized spacial score (nSPS) is 15.1. The van der Waals surface area contributed by atoms with Gasteiger partial charge in [0, 0.05) is 45.3 Å². The molecule has 140 valence electrons.